The highest BCUT2D eigenvalue weighted by Gasteiger charge is 2.17. The summed E-state index contributed by atoms with van der Waals surface area (Å²) >= 11 is 0. The summed E-state index contributed by atoms with van der Waals surface area (Å²) in [6.07, 6.45) is -0.124. The highest BCUT2D eigenvalue weighted by Crippen LogP contribution is 2.14. The van der Waals surface area contributed by atoms with Crippen molar-refractivity contribution in [2.75, 3.05) is 12.3 Å². The van der Waals surface area contributed by atoms with Crippen LogP contribution in [0.15, 0.2) is 59.5 Å². The van der Waals surface area contributed by atoms with E-state index in [-0.39, 0.29) is 28.9 Å². The fourth-order valence-corrected chi connectivity index (χ4v) is 3.48. The molecule has 4 nitrogen and oxygen atoms in total. The summed E-state index contributed by atoms with van der Waals surface area (Å²) in [6, 6.07) is 14.4. The molecule has 0 fully saturated rings. The summed E-state index contributed by atoms with van der Waals surface area (Å²) in [5, 5.41) is 2.75. The van der Waals surface area contributed by atoms with Gasteiger partial charge in [0.05, 0.1) is 10.6 Å². The average molecular weight is 349 g/mol. The Kier molecular flexibility index (Phi) is 6.09. The molecule has 6 heteroatoms. The highest BCUT2D eigenvalue weighted by molar-refractivity contribution is 7.91. The van der Waals surface area contributed by atoms with E-state index in [0.717, 1.165) is 17.7 Å². The molecule has 24 heavy (non-hydrogen) atoms. The van der Waals surface area contributed by atoms with Gasteiger partial charge in [-0.2, -0.15) is 0 Å². The molecular weight excluding hydrogens is 329 g/mol. The molecule has 0 heterocycles. The number of carbonyl (C=O) groups is 1. The Labute approximate surface area is 141 Å². The zero-order chi connectivity index (χ0) is 17.6. The topological polar surface area (TPSA) is 63.2 Å². The zero-order valence-electron chi connectivity index (χ0n) is 13.4. The van der Waals surface area contributed by atoms with Crippen molar-refractivity contribution in [3.8, 4) is 0 Å². The van der Waals surface area contributed by atoms with Gasteiger partial charge in [0, 0.05) is 13.0 Å². The van der Waals surface area contributed by atoms with Crippen molar-refractivity contribution in [2.45, 2.75) is 24.2 Å². The summed E-state index contributed by atoms with van der Waals surface area (Å²) in [5.41, 5.74) is 1.11. The van der Waals surface area contributed by atoms with Crippen molar-refractivity contribution < 1.29 is 17.6 Å². The van der Waals surface area contributed by atoms with Gasteiger partial charge in [-0.1, -0.05) is 37.3 Å². The van der Waals surface area contributed by atoms with E-state index >= 15 is 0 Å². The van der Waals surface area contributed by atoms with E-state index in [9.17, 15) is 17.6 Å². The van der Waals surface area contributed by atoms with Crippen molar-refractivity contribution in [3.63, 3.8) is 0 Å². The lowest BCUT2D eigenvalue weighted by Crippen LogP contribution is -2.29. The molecule has 0 bridgehead atoms. The van der Waals surface area contributed by atoms with Gasteiger partial charge in [0.1, 0.15) is 5.82 Å². The molecule has 1 N–H and O–H groups in total. The molecule has 0 aliphatic heterocycles. The molecule has 2 aromatic carbocycles. The Morgan fingerprint density at radius 2 is 1.71 bits per heavy atom. The standard InChI is InChI=1S/C18H20FNO3S/c1-14(15-5-3-2-4-6-15)13-20-18(21)11-12-24(22,23)17-9-7-16(19)8-10-17/h2-10,14H,11-13H2,1H3,(H,20,21)/t14-/m0/s1. The van der Waals surface area contributed by atoms with Crippen LogP contribution in [0.4, 0.5) is 4.39 Å². The molecule has 128 valence electrons. The van der Waals surface area contributed by atoms with Gasteiger partial charge in [-0.25, -0.2) is 12.8 Å². The van der Waals surface area contributed by atoms with Crippen LogP contribution in [0, 0.1) is 5.82 Å². The predicted molar refractivity (Wildman–Crippen MR) is 90.9 cm³/mol. The van der Waals surface area contributed by atoms with Gasteiger partial charge in [-0.3, -0.25) is 4.79 Å². The van der Waals surface area contributed by atoms with E-state index in [1.165, 1.54) is 12.1 Å². The number of hydrogen-bond donors (Lipinski definition) is 1. The minimum absolute atomic E-state index is 0.0225. The monoisotopic (exact) mass is 349 g/mol. The normalized spacial score (nSPS) is 12.6. The molecule has 2 aromatic rings. The Morgan fingerprint density at radius 3 is 2.33 bits per heavy atom. The summed E-state index contributed by atoms with van der Waals surface area (Å²) < 4.78 is 37.1. The minimum atomic E-state index is -3.59. The second kappa shape index (κ2) is 8.06. The van der Waals surface area contributed by atoms with Crippen molar-refractivity contribution in [1.82, 2.24) is 5.32 Å². The zero-order valence-corrected chi connectivity index (χ0v) is 14.2. The maximum Gasteiger partial charge on any atom is 0.221 e. The van der Waals surface area contributed by atoms with Gasteiger partial charge in [0.2, 0.25) is 5.91 Å². The second-order valence-electron chi connectivity index (χ2n) is 5.64. The Morgan fingerprint density at radius 1 is 1.08 bits per heavy atom. The van der Waals surface area contributed by atoms with E-state index in [1.54, 1.807) is 0 Å². The number of halogens is 1. The van der Waals surface area contributed by atoms with Crippen LogP contribution < -0.4 is 5.32 Å². The van der Waals surface area contributed by atoms with Crippen molar-refractivity contribution >= 4 is 15.7 Å². The third kappa shape index (κ3) is 5.16. The predicted octanol–water partition coefficient (Wildman–Crippen LogP) is 2.91. The van der Waals surface area contributed by atoms with Gasteiger partial charge >= 0.3 is 0 Å². The molecule has 0 saturated carbocycles. The maximum atomic E-state index is 12.8. The average Bonchev–Trinajstić information content (AvgIpc) is 2.59. The smallest absolute Gasteiger partial charge is 0.221 e. The first kappa shape index (κ1) is 18.1. The van der Waals surface area contributed by atoms with Crippen molar-refractivity contribution in [3.05, 3.63) is 66.0 Å². The molecule has 0 spiro atoms. The minimum Gasteiger partial charge on any atom is -0.355 e. The molecule has 0 unspecified atom stereocenters. The first-order chi connectivity index (χ1) is 11.4. The first-order valence-corrected chi connectivity index (χ1v) is 9.33. The summed E-state index contributed by atoms with van der Waals surface area (Å²) in [7, 11) is -3.59. The van der Waals surface area contributed by atoms with E-state index < -0.39 is 15.7 Å². The summed E-state index contributed by atoms with van der Waals surface area (Å²) in [5.74, 6) is -0.974. The molecule has 0 saturated heterocycles. The molecule has 0 radical (unpaired) electrons. The van der Waals surface area contributed by atoms with E-state index in [2.05, 4.69) is 5.32 Å². The molecule has 0 aliphatic rings. The van der Waals surface area contributed by atoms with Gasteiger partial charge in [-0.05, 0) is 35.7 Å². The van der Waals surface area contributed by atoms with Gasteiger partial charge < -0.3 is 5.32 Å². The second-order valence-corrected chi connectivity index (χ2v) is 7.75. The van der Waals surface area contributed by atoms with Crippen molar-refractivity contribution in [2.24, 2.45) is 0 Å². The fourth-order valence-electron chi connectivity index (χ4n) is 2.24. The summed E-state index contributed by atoms with van der Waals surface area (Å²) in [4.78, 5) is 11.9. The van der Waals surface area contributed by atoms with E-state index in [4.69, 9.17) is 0 Å². The van der Waals surface area contributed by atoms with Crippen LogP contribution in [-0.4, -0.2) is 26.6 Å². The van der Waals surface area contributed by atoms with Crippen LogP contribution in [0.2, 0.25) is 0 Å². The number of hydrogen-bond acceptors (Lipinski definition) is 3. The molecule has 0 aromatic heterocycles. The highest BCUT2D eigenvalue weighted by atomic mass is 32.2. The number of amides is 1. The van der Waals surface area contributed by atoms with E-state index in [1.807, 2.05) is 37.3 Å². The maximum absolute atomic E-state index is 12.8. The number of rotatable bonds is 7. The third-order valence-corrected chi connectivity index (χ3v) is 5.48. The molecule has 1 amide bonds. The lowest BCUT2D eigenvalue weighted by Gasteiger charge is -2.13. The number of carbonyl (C=O) groups excluding carboxylic acids is 1. The third-order valence-electron chi connectivity index (χ3n) is 3.74. The largest absolute Gasteiger partial charge is 0.355 e. The van der Waals surface area contributed by atoms with Crippen LogP contribution in [0.3, 0.4) is 0 Å². The first-order valence-electron chi connectivity index (χ1n) is 7.68. The lowest BCUT2D eigenvalue weighted by molar-refractivity contribution is -0.120. The van der Waals surface area contributed by atoms with Gasteiger partial charge in [0.25, 0.3) is 0 Å². The van der Waals surface area contributed by atoms with Crippen LogP contribution in [0.5, 0.6) is 0 Å². The summed E-state index contributed by atoms with van der Waals surface area (Å²) in [6.45, 7) is 2.43. The quantitative estimate of drug-likeness (QED) is 0.782. The van der Waals surface area contributed by atoms with Gasteiger partial charge in [0.15, 0.2) is 9.84 Å². The number of sulfone groups is 1. The molecule has 2 rings (SSSR count). The van der Waals surface area contributed by atoms with Crippen LogP contribution in [0.25, 0.3) is 0 Å². The van der Waals surface area contributed by atoms with Crippen LogP contribution >= 0.6 is 0 Å². The Bertz CT molecular complexity index is 774. The van der Waals surface area contributed by atoms with Gasteiger partial charge in [-0.15, -0.1) is 0 Å². The van der Waals surface area contributed by atoms with Crippen LogP contribution in [0.1, 0.15) is 24.8 Å². The van der Waals surface area contributed by atoms with E-state index in [0.29, 0.717) is 6.54 Å². The molecule has 0 aliphatic carbocycles. The number of nitrogens with one attached hydrogen (secondary N) is 1. The van der Waals surface area contributed by atoms with Crippen LogP contribution in [-0.2, 0) is 14.6 Å². The SMILES string of the molecule is C[C@@H](CNC(=O)CCS(=O)(=O)c1ccc(F)cc1)c1ccccc1. The Hall–Kier alpha value is -2.21. The molecule has 1 atom stereocenters. The number of benzene rings is 2. The molecular formula is C18H20FNO3S. The Balaban J connectivity index is 1.83. The lowest BCUT2D eigenvalue weighted by atomic mass is 10.0. The fraction of sp³-hybridized carbons (Fsp3) is 0.278. The van der Waals surface area contributed by atoms with Crippen molar-refractivity contribution in [1.29, 1.82) is 0 Å².